The smallest absolute Gasteiger partial charge is 0.137 e. The van der Waals surface area contributed by atoms with Crippen molar-refractivity contribution in [2.24, 2.45) is 0 Å². The number of nitrogens with two attached hydrogens (primary N) is 1. The monoisotopic (exact) mass is 323 g/mol. The maximum absolute atomic E-state index is 6.08. The second-order valence-corrected chi connectivity index (χ2v) is 5.44. The van der Waals surface area contributed by atoms with Crippen LogP contribution in [0, 0.1) is 13.8 Å². The number of hydrogen-bond donors (Lipinski definition) is 1. The van der Waals surface area contributed by atoms with E-state index in [9.17, 15) is 0 Å². The third kappa shape index (κ3) is 2.47. The fraction of sp³-hybridized carbons (Fsp3) is 0.357. The molecule has 0 saturated heterocycles. The van der Waals surface area contributed by atoms with E-state index in [0.29, 0.717) is 5.82 Å². The Labute approximate surface area is 121 Å². The highest BCUT2D eigenvalue weighted by Crippen LogP contribution is 2.33. The lowest BCUT2D eigenvalue weighted by Gasteiger charge is -2.18. The summed E-state index contributed by atoms with van der Waals surface area (Å²) in [5.74, 6) is 1.48. The van der Waals surface area contributed by atoms with E-state index in [1.54, 1.807) is 7.11 Å². The highest BCUT2D eigenvalue weighted by atomic mass is 79.9. The van der Waals surface area contributed by atoms with E-state index in [1.165, 1.54) is 5.56 Å². The summed E-state index contributed by atoms with van der Waals surface area (Å²) in [4.78, 5) is 0. The van der Waals surface area contributed by atoms with Gasteiger partial charge in [-0.1, -0.05) is 17.7 Å². The van der Waals surface area contributed by atoms with Crippen LogP contribution < -0.4 is 10.5 Å². The molecule has 102 valence electrons. The van der Waals surface area contributed by atoms with Gasteiger partial charge in [0.25, 0.3) is 0 Å². The van der Waals surface area contributed by atoms with Gasteiger partial charge in [0.1, 0.15) is 11.6 Å². The third-order valence-corrected chi connectivity index (χ3v) is 4.23. The van der Waals surface area contributed by atoms with Gasteiger partial charge in [-0.3, -0.25) is 0 Å². The third-order valence-electron chi connectivity index (χ3n) is 3.25. The Morgan fingerprint density at radius 1 is 1.37 bits per heavy atom. The molecule has 1 atom stereocenters. The molecule has 0 fully saturated rings. The zero-order chi connectivity index (χ0) is 14.2. The summed E-state index contributed by atoms with van der Waals surface area (Å²) in [6.07, 6.45) is 0. The second kappa shape index (κ2) is 5.25. The largest absolute Gasteiger partial charge is 0.496 e. The maximum atomic E-state index is 6.08. The average Bonchev–Trinajstić information content (AvgIpc) is 2.65. The first-order valence-corrected chi connectivity index (χ1v) is 6.89. The summed E-state index contributed by atoms with van der Waals surface area (Å²) in [6, 6.07) is 6.12. The van der Waals surface area contributed by atoms with Crippen LogP contribution in [0.1, 0.15) is 29.8 Å². The fourth-order valence-electron chi connectivity index (χ4n) is 2.15. The van der Waals surface area contributed by atoms with Gasteiger partial charge < -0.3 is 10.5 Å². The molecule has 2 aromatic rings. The van der Waals surface area contributed by atoms with Crippen LogP contribution in [0.5, 0.6) is 5.75 Å². The predicted molar refractivity (Wildman–Crippen MR) is 80.6 cm³/mol. The summed E-state index contributed by atoms with van der Waals surface area (Å²) < 4.78 is 8.10. The first-order valence-electron chi connectivity index (χ1n) is 6.10. The van der Waals surface area contributed by atoms with E-state index in [-0.39, 0.29) is 6.04 Å². The molecule has 0 radical (unpaired) electrons. The van der Waals surface area contributed by atoms with Gasteiger partial charge in [-0.25, -0.2) is 4.68 Å². The topological polar surface area (TPSA) is 53.1 Å². The van der Waals surface area contributed by atoms with Crippen molar-refractivity contribution >= 4 is 21.7 Å². The Bertz CT molecular complexity index is 607. The van der Waals surface area contributed by atoms with Crippen LogP contribution in [0.4, 0.5) is 5.82 Å². The molecule has 0 saturated carbocycles. The molecule has 2 rings (SSSR count). The van der Waals surface area contributed by atoms with E-state index >= 15 is 0 Å². The fourth-order valence-corrected chi connectivity index (χ4v) is 2.41. The molecule has 0 bridgehead atoms. The summed E-state index contributed by atoms with van der Waals surface area (Å²) >= 11 is 3.45. The van der Waals surface area contributed by atoms with Crippen molar-refractivity contribution in [3.63, 3.8) is 0 Å². The Kier molecular flexibility index (Phi) is 3.85. The molecule has 2 N–H and O–H groups in total. The number of ether oxygens (including phenoxy) is 1. The molecule has 19 heavy (non-hydrogen) atoms. The molecule has 1 unspecified atom stereocenters. The number of anilines is 1. The molecule has 1 aromatic heterocycles. The molecule has 4 nitrogen and oxygen atoms in total. The van der Waals surface area contributed by atoms with Gasteiger partial charge in [-0.05, 0) is 42.8 Å². The van der Waals surface area contributed by atoms with E-state index in [2.05, 4.69) is 40.9 Å². The van der Waals surface area contributed by atoms with Gasteiger partial charge in [0.05, 0.1) is 23.3 Å². The lowest BCUT2D eigenvalue weighted by Crippen LogP contribution is -2.13. The van der Waals surface area contributed by atoms with E-state index in [0.717, 1.165) is 21.5 Å². The number of methoxy groups -OCH3 is 1. The van der Waals surface area contributed by atoms with Gasteiger partial charge in [0.2, 0.25) is 0 Å². The highest BCUT2D eigenvalue weighted by Gasteiger charge is 2.19. The van der Waals surface area contributed by atoms with Gasteiger partial charge in [-0.15, -0.1) is 0 Å². The zero-order valence-electron chi connectivity index (χ0n) is 11.6. The average molecular weight is 324 g/mol. The maximum Gasteiger partial charge on any atom is 0.137 e. The number of aryl methyl sites for hydroxylation is 2. The second-order valence-electron chi connectivity index (χ2n) is 4.65. The van der Waals surface area contributed by atoms with E-state index in [1.807, 2.05) is 23.7 Å². The van der Waals surface area contributed by atoms with Crippen molar-refractivity contribution < 1.29 is 4.74 Å². The first kappa shape index (κ1) is 13.9. The molecular formula is C14H18BrN3O. The molecule has 1 aromatic carbocycles. The van der Waals surface area contributed by atoms with E-state index in [4.69, 9.17) is 10.5 Å². The van der Waals surface area contributed by atoms with E-state index < -0.39 is 0 Å². The van der Waals surface area contributed by atoms with Crippen LogP contribution in [-0.2, 0) is 0 Å². The van der Waals surface area contributed by atoms with Crippen molar-refractivity contribution in [3.05, 3.63) is 39.5 Å². The van der Waals surface area contributed by atoms with Crippen LogP contribution >= 0.6 is 15.9 Å². The van der Waals surface area contributed by atoms with Gasteiger partial charge in [-0.2, -0.15) is 5.10 Å². The number of halogens is 1. The lowest BCUT2D eigenvalue weighted by molar-refractivity contribution is 0.401. The van der Waals surface area contributed by atoms with Crippen LogP contribution in [0.25, 0.3) is 0 Å². The minimum Gasteiger partial charge on any atom is -0.496 e. The highest BCUT2D eigenvalue weighted by molar-refractivity contribution is 9.10. The first-order chi connectivity index (χ1) is 8.95. The van der Waals surface area contributed by atoms with Gasteiger partial charge in [0, 0.05) is 5.56 Å². The minimum absolute atomic E-state index is 0.0137. The van der Waals surface area contributed by atoms with Crippen molar-refractivity contribution in [2.45, 2.75) is 26.8 Å². The quantitative estimate of drug-likeness (QED) is 0.941. The molecule has 0 aliphatic rings. The Morgan fingerprint density at radius 3 is 2.58 bits per heavy atom. The normalized spacial score (nSPS) is 12.5. The van der Waals surface area contributed by atoms with Gasteiger partial charge in [0.15, 0.2) is 0 Å². The summed E-state index contributed by atoms with van der Waals surface area (Å²) in [5, 5.41) is 4.48. The molecular weight excluding hydrogens is 306 g/mol. The van der Waals surface area contributed by atoms with Crippen LogP contribution in [0.2, 0.25) is 0 Å². The number of rotatable bonds is 3. The number of hydrogen-bond acceptors (Lipinski definition) is 3. The minimum atomic E-state index is 0.0137. The summed E-state index contributed by atoms with van der Waals surface area (Å²) in [7, 11) is 1.68. The number of nitrogen functional groups attached to an aromatic ring is 1. The molecule has 1 heterocycles. The number of aromatic nitrogens is 2. The number of benzene rings is 1. The molecule has 0 aliphatic carbocycles. The molecule has 0 aliphatic heterocycles. The Balaban J connectivity index is 2.52. The Morgan fingerprint density at radius 2 is 2.05 bits per heavy atom. The number of nitrogens with zero attached hydrogens (tertiary/aromatic N) is 2. The molecule has 0 amide bonds. The Hall–Kier alpha value is -1.49. The van der Waals surface area contributed by atoms with Crippen molar-refractivity contribution in [2.75, 3.05) is 12.8 Å². The molecule has 5 heteroatoms. The van der Waals surface area contributed by atoms with Gasteiger partial charge >= 0.3 is 0 Å². The van der Waals surface area contributed by atoms with Crippen molar-refractivity contribution in [1.29, 1.82) is 0 Å². The van der Waals surface area contributed by atoms with Crippen molar-refractivity contribution in [3.8, 4) is 5.75 Å². The zero-order valence-corrected chi connectivity index (χ0v) is 13.2. The summed E-state index contributed by atoms with van der Waals surface area (Å²) in [6.45, 7) is 6.05. The summed E-state index contributed by atoms with van der Waals surface area (Å²) in [5.41, 5.74) is 9.23. The van der Waals surface area contributed by atoms with Crippen LogP contribution in [0.3, 0.4) is 0 Å². The van der Waals surface area contributed by atoms with Crippen LogP contribution in [0.15, 0.2) is 22.7 Å². The SMILES string of the molecule is COc1ccc(C)cc1C(C)n1nc(C)c(Br)c1N. The predicted octanol–water partition coefficient (Wildman–Crippen LogP) is 3.46. The lowest BCUT2D eigenvalue weighted by atomic mass is 10.0. The van der Waals surface area contributed by atoms with Crippen LogP contribution in [-0.4, -0.2) is 16.9 Å². The standard InChI is InChI=1S/C14H18BrN3O/c1-8-5-6-12(19-4)11(7-8)10(3)18-14(16)13(15)9(2)17-18/h5-7,10H,16H2,1-4H3. The van der Waals surface area contributed by atoms with Crippen molar-refractivity contribution in [1.82, 2.24) is 9.78 Å². The molecule has 0 spiro atoms.